The summed E-state index contributed by atoms with van der Waals surface area (Å²) in [5.41, 5.74) is 3.42. The first kappa shape index (κ1) is 14.7. The van der Waals surface area contributed by atoms with Crippen LogP contribution >= 0.6 is 11.3 Å². The third-order valence-electron chi connectivity index (χ3n) is 3.70. The van der Waals surface area contributed by atoms with Gasteiger partial charge >= 0.3 is 0 Å². The van der Waals surface area contributed by atoms with Gasteiger partial charge in [0.15, 0.2) is 4.80 Å². The molecule has 112 valence electrons. The molecule has 3 aromatic rings. The van der Waals surface area contributed by atoms with Crippen molar-refractivity contribution < 1.29 is 4.79 Å². The second-order valence-corrected chi connectivity index (χ2v) is 6.28. The van der Waals surface area contributed by atoms with Crippen LogP contribution in [0.25, 0.3) is 10.2 Å². The van der Waals surface area contributed by atoms with Gasteiger partial charge in [0.05, 0.1) is 16.6 Å². The molecule has 3 rings (SSSR count). The van der Waals surface area contributed by atoms with Crippen LogP contribution in [0.2, 0.25) is 0 Å². The molecule has 2 aromatic carbocycles. The minimum atomic E-state index is -0.107. The van der Waals surface area contributed by atoms with Gasteiger partial charge in [0.1, 0.15) is 0 Å². The third kappa shape index (κ3) is 3.02. The Bertz CT molecular complexity index is 875. The van der Waals surface area contributed by atoms with Gasteiger partial charge in [-0.15, -0.1) is 0 Å². The number of amides is 1. The molecule has 0 radical (unpaired) electrons. The maximum absolute atomic E-state index is 12.2. The number of aromatic nitrogens is 1. The van der Waals surface area contributed by atoms with Crippen LogP contribution in [0.15, 0.2) is 53.5 Å². The van der Waals surface area contributed by atoms with E-state index in [-0.39, 0.29) is 5.91 Å². The first-order valence-corrected chi connectivity index (χ1v) is 8.19. The molecule has 1 amide bonds. The molecular weight excluding hydrogens is 292 g/mol. The highest BCUT2D eigenvalue weighted by molar-refractivity contribution is 7.16. The number of fused-ring (bicyclic) bond motifs is 1. The summed E-state index contributed by atoms with van der Waals surface area (Å²) in [5.74, 6) is -0.107. The number of benzene rings is 2. The number of hydrogen-bond acceptors (Lipinski definition) is 2. The van der Waals surface area contributed by atoms with E-state index in [0.717, 1.165) is 22.3 Å². The monoisotopic (exact) mass is 310 g/mol. The number of rotatable bonds is 3. The summed E-state index contributed by atoms with van der Waals surface area (Å²) < 4.78 is 3.16. The highest BCUT2D eigenvalue weighted by Gasteiger charge is 2.06. The van der Waals surface area contributed by atoms with Crippen molar-refractivity contribution in [3.63, 3.8) is 0 Å². The molecule has 1 heterocycles. The summed E-state index contributed by atoms with van der Waals surface area (Å²) >= 11 is 1.57. The van der Waals surface area contributed by atoms with Crippen LogP contribution in [0.1, 0.15) is 18.1 Å². The first-order chi connectivity index (χ1) is 10.7. The van der Waals surface area contributed by atoms with Gasteiger partial charge in [-0.1, -0.05) is 54.7 Å². The molecule has 0 aliphatic carbocycles. The van der Waals surface area contributed by atoms with E-state index in [1.807, 2.05) is 41.9 Å². The van der Waals surface area contributed by atoms with Gasteiger partial charge in [-0.05, 0) is 29.7 Å². The fraction of sp³-hybridized carbons (Fsp3) is 0.222. The number of thiazole rings is 1. The molecule has 0 aliphatic heterocycles. The lowest BCUT2D eigenvalue weighted by Gasteiger charge is -1.98. The third-order valence-corrected chi connectivity index (χ3v) is 4.80. The van der Waals surface area contributed by atoms with Crippen molar-refractivity contribution in [2.45, 2.75) is 19.8 Å². The summed E-state index contributed by atoms with van der Waals surface area (Å²) in [6.45, 7) is 2.14. The molecule has 4 heteroatoms. The predicted molar refractivity (Wildman–Crippen MR) is 90.9 cm³/mol. The molecular formula is C18H18N2OS. The van der Waals surface area contributed by atoms with Crippen molar-refractivity contribution in [3.05, 3.63) is 64.5 Å². The molecule has 0 aliphatic rings. The Morgan fingerprint density at radius 1 is 1.14 bits per heavy atom. The SMILES string of the molecule is CCc1ccc2c(c1)sc(=NC(=O)Cc1ccccc1)n2C. The van der Waals surface area contributed by atoms with Gasteiger partial charge in [0, 0.05) is 7.05 Å². The van der Waals surface area contributed by atoms with Gasteiger partial charge in [-0.2, -0.15) is 4.99 Å². The number of carbonyl (C=O) groups is 1. The molecule has 0 spiro atoms. The van der Waals surface area contributed by atoms with Crippen molar-refractivity contribution in [2.24, 2.45) is 12.0 Å². The zero-order valence-corrected chi connectivity index (χ0v) is 13.6. The molecule has 0 N–H and O–H groups in total. The van der Waals surface area contributed by atoms with Crippen molar-refractivity contribution in [1.82, 2.24) is 4.57 Å². The molecule has 22 heavy (non-hydrogen) atoms. The maximum Gasteiger partial charge on any atom is 0.252 e. The van der Waals surface area contributed by atoms with E-state index in [2.05, 4.69) is 30.1 Å². The van der Waals surface area contributed by atoms with Gasteiger partial charge in [0.2, 0.25) is 0 Å². The highest BCUT2D eigenvalue weighted by atomic mass is 32.1. The Morgan fingerprint density at radius 2 is 1.91 bits per heavy atom. The van der Waals surface area contributed by atoms with E-state index in [9.17, 15) is 4.79 Å². The van der Waals surface area contributed by atoms with Gasteiger partial charge in [0.25, 0.3) is 5.91 Å². The molecule has 0 saturated carbocycles. The fourth-order valence-electron chi connectivity index (χ4n) is 2.42. The van der Waals surface area contributed by atoms with Crippen molar-refractivity contribution >= 4 is 27.5 Å². The van der Waals surface area contributed by atoms with Crippen LogP contribution in [-0.2, 0) is 24.7 Å². The van der Waals surface area contributed by atoms with E-state index < -0.39 is 0 Å². The van der Waals surface area contributed by atoms with E-state index >= 15 is 0 Å². The van der Waals surface area contributed by atoms with Crippen LogP contribution in [0.5, 0.6) is 0 Å². The quantitative estimate of drug-likeness (QED) is 0.729. The van der Waals surface area contributed by atoms with Crippen LogP contribution < -0.4 is 4.80 Å². The van der Waals surface area contributed by atoms with Crippen molar-refractivity contribution in [3.8, 4) is 0 Å². The second kappa shape index (κ2) is 6.28. The minimum Gasteiger partial charge on any atom is -0.319 e. The summed E-state index contributed by atoms with van der Waals surface area (Å²) in [6.07, 6.45) is 1.35. The Labute approximate surface area is 133 Å². The van der Waals surface area contributed by atoms with Gasteiger partial charge < -0.3 is 4.57 Å². The summed E-state index contributed by atoms with van der Waals surface area (Å²) in [5, 5.41) is 0. The predicted octanol–water partition coefficient (Wildman–Crippen LogP) is 3.47. The topological polar surface area (TPSA) is 34.4 Å². The molecule has 0 saturated heterocycles. The lowest BCUT2D eigenvalue weighted by atomic mass is 10.1. The van der Waals surface area contributed by atoms with E-state index in [4.69, 9.17) is 0 Å². The standard InChI is InChI=1S/C18H18N2OS/c1-3-13-9-10-15-16(11-13)22-18(20(15)2)19-17(21)12-14-7-5-4-6-8-14/h4-11H,3,12H2,1-2H3. The van der Waals surface area contributed by atoms with Crippen LogP contribution in [0.3, 0.4) is 0 Å². The smallest absolute Gasteiger partial charge is 0.252 e. The lowest BCUT2D eigenvalue weighted by Crippen LogP contribution is -2.14. The zero-order chi connectivity index (χ0) is 15.5. The number of carbonyl (C=O) groups excluding carboxylic acids is 1. The Balaban J connectivity index is 1.95. The normalized spacial score (nSPS) is 12.0. The minimum absolute atomic E-state index is 0.107. The lowest BCUT2D eigenvalue weighted by molar-refractivity contribution is -0.117. The summed E-state index contributed by atoms with van der Waals surface area (Å²) in [7, 11) is 1.96. The number of aryl methyl sites for hydroxylation is 2. The highest BCUT2D eigenvalue weighted by Crippen LogP contribution is 2.18. The van der Waals surface area contributed by atoms with Crippen molar-refractivity contribution in [1.29, 1.82) is 0 Å². The number of hydrogen-bond donors (Lipinski definition) is 0. The summed E-state index contributed by atoms with van der Waals surface area (Å²) in [4.78, 5) is 17.2. The maximum atomic E-state index is 12.2. The molecule has 0 unspecified atom stereocenters. The molecule has 0 fully saturated rings. The summed E-state index contributed by atoms with van der Waals surface area (Å²) in [6, 6.07) is 16.1. The molecule has 1 aromatic heterocycles. The Kier molecular flexibility index (Phi) is 4.20. The van der Waals surface area contributed by atoms with Gasteiger partial charge in [-0.25, -0.2) is 0 Å². The molecule has 0 bridgehead atoms. The average Bonchev–Trinajstić information content (AvgIpc) is 2.83. The number of nitrogens with zero attached hydrogens (tertiary/aromatic N) is 2. The zero-order valence-electron chi connectivity index (χ0n) is 12.7. The second-order valence-electron chi connectivity index (χ2n) is 5.27. The van der Waals surface area contributed by atoms with Crippen LogP contribution in [0, 0.1) is 0 Å². The van der Waals surface area contributed by atoms with Crippen LogP contribution in [-0.4, -0.2) is 10.5 Å². The van der Waals surface area contributed by atoms with Gasteiger partial charge in [-0.3, -0.25) is 4.79 Å². The average molecular weight is 310 g/mol. The first-order valence-electron chi connectivity index (χ1n) is 7.37. The molecule has 0 atom stereocenters. The van der Waals surface area contributed by atoms with E-state index in [0.29, 0.717) is 6.42 Å². The Hall–Kier alpha value is -2.20. The van der Waals surface area contributed by atoms with E-state index in [1.54, 1.807) is 11.3 Å². The molecule has 3 nitrogen and oxygen atoms in total. The van der Waals surface area contributed by atoms with E-state index in [1.165, 1.54) is 10.3 Å². The van der Waals surface area contributed by atoms with Crippen LogP contribution in [0.4, 0.5) is 0 Å². The van der Waals surface area contributed by atoms with Crippen molar-refractivity contribution in [2.75, 3.05) is 0 Å². The fourth-order valence-corrected chi connectivity index (χ4v) is 3.52. The Morgan fingerprint density at radius 3 is 2.64 bits per heavy atom. The largest absolute Gasteiger partial charge is 0.319 e.